The van der Waals surface area contributed by atoms with Crippen LogP contribution in [0.4, 0.5) is 13.2 Å². The summed E-state index contributed by atoms with van der Waals surface area (Å²) in [5.74, 6) is 0.317. The van der Waals surface area contributed by atoms with Crippen molar-refractivity contribution in [2.75, 3.05) is 0 Å². The minimum absolute atomic E-state index is 0.0322. The predicted molar refractivity (Wildman–Crippen MR) is 33.4 cm³/mol. The molecular weight excluding hydrogens is 173 g/mol. The molecule has 0 radical (unpaired) electrons. The van der Waals surface area contributed by atoms with Gasteiger partial charge in [0.1, 0.15) is 0 Å². The van der Waals surface area contributed by atoms with Crippen LogP contribution in [0.5, 0.6) is 0 Å². The summed E-state index contributed by atoms with van der Waals surface area (Å²) in [6.45, 7) is 1.53. The van der Waals surface area contributed by atoms with E-state index in [0.717, 1.165) is 0 Å². The highest BCUT2D eigenvalue weighted by molar-refractivity contribution is 4.79. The first kappa shape index (κ1) is 9.02. The molecule has 0 aliphatic carbocycles. The van der Waals surface area contributed by atoms with Crippen LogP contribution in [0.3, 0.4) is 0 Å². The molecule has 0 atom stereocenters. The highest BCUT2D eigenvalue weighted by Crippen LogP contribution is 2.21. The maximum atomic E-state index is 11.7. The number of aromatic nitrogens is 2. The van der Waals surface area contributed by atoms with Gasteiger partial charge in [0.25, 0.3) is 0 Å². The zero-order chi connectivity index (χ0) is 9.19. The van der Waals surface area contributed by atoms with Crippen molar-refractivity contribution in [2.24, 2.45) is 0 Å². The molecule has 0 aliphatic rings. The van der Waals surface area contributed by atoms with E-state index in [1.165, 1.54) is 6.92 Å². The lowest BCUT2D eigenvalue weighted by atomic mass is 10.3. The highest BCUT2D eigenvalue weighted by atomic mass is 19.4. The van der Waals surface area contributed by atoms with Gasteiger partial charge in [-0.2, -0.15) is 13.2 Å². The average Bonchev–Trinajstić information content (AvgIpc) is 2.30. The molecule has 1 rings (SSSR count). The fraction of sp³-hybridized carbons (Fsp3) is 0.667. The molecular formula is C6H7F3N2O. The monoisotopic (exact) mass is 180 g/mol. The first-order chi connectivity index (χ1) is 5.47. The summed E-state index contributed by atoms with van der Waals surface area (Å²) < 4.78 is 39.7. The molecule has 0 amide bonds. The number of rotatable bonds is 2. The number of hydrogen-bond donors (Lipinski definition) is 0. The van der Waals surface area contributed by atoms with Crippen molar-refractivity contribution in [1.29, 1.82) is 0 Å². The Morgan fingerprint density at radius 1 is 1.33 bits per heavy atom. The summed E-state index contributed by atoms with van der Waals surface area (Å²) in [5, 5.41) is 6.84. The van der Waals surface area contributed by atoms with E-state index in [1.807, 2.05) is 0 Å². The molecule has 0 N–H and O–H groups in total. The summed E-state index contributed by atoms with van der Waals surface area (Å²) in [7, 11) is 0. The van der Waals surface area contributed by atoms with Gasteiger partial charge in [-0.1, -0.05) is 0 Å². The van der Waals surface area contributed by atoms with Gasteiger partial charge in [-0.3, -0.25) is 0 Å². The molecule has 0 aliphatic heterocycles. The van der Waals surface area contributed by atoms with Gasteiger partial charge >= 0.3 is 6.18 Å². The van der Waals surface area contributed by atoms with E-state index < -0.39 is 12.6 Å². The van der Waals surface area contributed by atoms with Gasteiger partial charge in [0.15, 0.2) is 0 Å². The number of hydrogen-bond acceptors (Lipinski definition) is 3. The molecule has 6 heteroatoms. The lowest BCUT2D eigenvalue weighted by Crippen LogP contribution is -2.08. The maximum absolute atomic E-state index is 11.7. The van der Waals surface area contributed by atoms with Crippen LogP contribution >= 0.6 is 0 Å². The maximum Gasteiger partial charge on any atom is 0.389 e. The first-order valence-electron chi connectivity index (χ1n) is 3.33. The SMILES string of the molecule is Cc1nnc(CCC(F)(F)F)o1. The van der Waals surface area contributed by atoms with Crippen molar-refractivity contribution in [2.45, 2.75) is 25.9 Å². The lowest BCUT2D eigenvalue weighted by molar-refractivity contribution is -0.134. The molecule has 3 nitrogen and oxygen atoms in total. The van der Waals surface area contributed by atoms with Crippen molar-refractivity contribution < 1.29 is 17.6 Å². The minimum atomic E-state index is -4.16. The van der Waals surface area contributed by atoms with Crippen LogP contribution in [0.2, 0.25) is 0 Å². The molecule has 0 bridgehead atoms. The Hall–Kier alpha value is -1.07. The van der Waals surface area contributed by atoms with E-state index >= 15 is 0 Å². The molecule has 0 fully saturated rings. The lowest BCUT2D eigenvalue weighted by Gasteiger charge is -2.01. The van der Waals surface area contributed by atoms with Crippen molar-refractivity contribution in [3.63, 3.8) is 0 Å². The van der Waals surface area contributed by atoms with Crippen LogP contribution in [0.15, 0.2) is 4.42 Å². The largest absolute Gasteiger partial charge is 0.426 e. The minimum Gasteiger partial charge on any atom is -0.426 e. The summed E-state index contributed by atoms with van der Waals surface area (Å²) in [4.78, 5) is 0. The fourth-order valence-electron chi connectivity index (χ4n) is 0.687. The number of aryl methyl sites for hydroxylation is 2. The topological polar surface area (TPSA) is 38.9 Å². The Balaban J connectivity index is 2.44. The van der Waals surface area contributed by atoms with Gasteiger partial charge in [-0.05, 0) is 0 Å². The van der Waals surface area contributed by atoms with Crippen molar-refractivity contribution in [1.82, 2.24) is 10.2 Å². The zero-order valence-electron chi connectivity index (χ0n) is 6.35. The van der Waals surface area contributed by atoms with Gasteiger partial charge < -0.3 is 4.42 Å². The number of nitrogens with zero attached hydrogens (tertiary/aromatic N) is 2. The van der Waals surface area contributed by atoms with Crippen molar-refractivity contribution in [3.05, 3.63) is 11.8 Å². The Morgan fingerprint density at radius 3 is 2.42 bits per heavy atom. The van der Waals surface area contributed by atoms with E-state index in [0.29, 0.717) is 0 Å². The molecule has 0 aromatic carbocycles. The predicted octanol–water partition coefficient (Wildman–Crippen LogP) is 1.87. The molecule has 0 saturated heterocycles. The molecule has 1 aromatic rings. The summed E-state index contributed by atoms with van der Waals surface area (Å²) in [5.41, 5.74) is 0. The second-order valence-electron chi connectivity index (χ2n) is 2.33. The van der Waals surface area contributed by atoms with E-state index in [-0.39, 0.29) is 18.2 Å². The number of alkyl halides is 3. The summed E-state index contributed by atoms with van der Waals surface area (Å²) in [6.07, 6.45) is -5.33. The summed E-state index contributed by atoms with van der Waals surface area (Å²) >= 11 is 0. The quantitative estimate of drug-likeness (QED) is 0.697. The van der Waals surface area contributed by atoms with Crippen LogP contribution in [-0.2, 0) is 6.42 Å². The second-order valence-corrected chi connectivity index (χ2v) is 2.33. The van der Waals surface area contributed by atoms with Crippen LogP contribution in [-0.4, -0.2) is 16.4 Å². The Bertz CT molecular complexity index is 256. The van der Waals surface area contributed by atoms with E-state index in [9.17, 15) is 13.2 Å². The number of halogens is 3. The zero-order valence-corrected chi connectivity index (χ0v) is 6.35. The third-order valence-corrected chi connectivity index (χ3v) is 1.19. The van der Waals surface area contributed by atoms with Crippen LogP contribution < -0.4 is 0 Å². The molecule has 68 valence electrons. The molecule has 0 unspecified atom stereocenters. The van der Waals surface area contributed by atoms with Crippen LogP contribution in [0.25, 0.3) is 0 Å². The van der Waals surface area contributed by atoms with Gasteiger partial charge in [-0.25, -0.2) is 0 Å². The van der Waals surface area contributed by atoms with Gasteiger partial charge in [0.05, 0.1) is 6.42 Å². The highest BCUT2D eigenvalue weighted by Gasteiger charge is 2.27. The Morgan fingerprint density at radius 2 is 2.00 bits per heavy atom. The summed E-state index contributed by atoms with van der Waals surface area (Å²) in [6, 6.07) is 0. The molecule has 0 saturated carbocycles. The third kappa shape index (κ3) is 2.89. The second kappa shape index (κ2) is 3.12. The molecule has 1 aromatic heterocycles. The van der Waals surface area contributed by atoms with Crippen LogP contribution in [0.1, 0.15) is 18.2 Å². The Kier molecular flexibility index (Phi) is 2.35. The van der Waals surface area contributed by atoms with Crippen LogP contribution in [0, 0.1) is 6.92 Å². The van der Waals surface area contributed by atoms with Gasteiger partial charge in [0.2, 0.25) is 11.8 Å². The smallest absolute Gasteiger partial charge is 0.389 e. The fourth-order valence-corrected chi connectivity index (χ4v) is 0.687. The first-order valence-corrected chi connectivity index (χ1v) is 3.33. The van der Waals surface area contributed by atoms with E-state index in [4.69, 9.17) is 4.42 Å². The van der Waals surface area contributed by atoms with Gasteiger partial charge in [-0.15, -0.1) is 10.2 Å². The normalized spacial score (nSPS) is 12.0. The van der Waals surface area contributed by atoms with E-state index in [1.54, 1.807) is 0 Å². The Labute approximate surface area is 66.6 Å². The van der Waals surface area contributed by atoms with E-state index in [2.05, 4.69) is 10.2 Å². The standard InChI is InChI=1S/C6H7F3N2O/c1-4-10-11-5(12-4)2-3-6(7,8)9/h2-3H2,1H3. The average molecular weight is 180 g/mol. The van der Waals surface area contributed by atoms with Crippen molar-refractivity contribution >= 4 is 0 Å². The third-order valence-electron chi connectivity index (χ3n) is 1.19. The van der Waals surface area contributed by atoms with Gasteiger partial charge in [0, 0.05) is 13.3 Å². The van der Waals surface area contributed by atoms with Crippen molar-refractivity contribution in [3.8, 4) is 0 Å². The molecule has 12 heavy (non-hydrogen) atoms. The molecule has 1 heterocycles. The molecule has 0 spiro atoms.